The Kier molecular flexibility index (Phi) is 2.14. The van der Waals surface area contributed by atoms with E-state index in [0.717, 1.165) is 18.1 Å². The summed E-state index contributed by atoms with van der Waals surface area (Å²) in [5, 5.41) is 7.23. The van der Waals surface area contributed by atoms with Gasteiger partial charge in [-0.3, -0.25) is 0 Å². The van der Waals surface area contributed by atoms with Gasteiger partial charge in [-0.15, -0.1) is 0 Å². The molecule has 0 radical (unpaired) electrons. The summed E-state index contributed by atoms with van der Waals surface area (Å²) in [5.74, 6) is 0. The van der Waals surface area contributed by atoms with Crippen molar-refractivity contribution in [1.29, 1.82) is 0 Å². The van der Waals surface area contributed by atoms with Gasteiger partial charge in [-0.05, 0) is 39.2 Å². The molecule has 0 spiro atoms. The summed E-state index contributed by atoms with van der Waals surface area (Å²) in [6.07, 6.45) is 5.44. The van der Waals surface area contributed by atoms with Crippen LogP contribution < -0.4 is 10.6 Å². The fourth-order valence-electron chi connectivity index (χ4n) is 2.33. The Hall–Kier alpha value is -0.0800. The molecule has 0 aromatic carbocycles. The quantitative estimate of drug-likeness (QED) is 0.541. The predicted octanol–water partition coefficient (Wildman–Crippen LogP) is 0.879. The van der Waals surface area contributed by atoms with E-state index in [4.69, 9.17) is 0 Å². The Balaban J connectivity index is 1.93. The monoisotopic (exact) mass is 154 g/mol. The van der Waals surface area contributed by atoms with Crippen molar-refractivity contribution < 1.29 is 0 Å². The van der Waals surface area contributed by atoms with Crippen LogP contribution in [0.25, 0.3) is 0 Å². The number of rotatable bonds is 0. The zero-order valence-corrected chi connectivity index (χ0v) is 7.27. The maximum atomic E-state index is 3.66. The Morgan fingerprint density at radius 1 is 1.09 bits per heavy atom. The summed E-state index contributed by atoms with van der Waals surface area (Å²) in [6.45, 7) is 3.53. The SMILES string of the molecule is CC1CCC2NCCCC2N1. The van der Waals surface area contributed by atoms with Gasteiger partial charge in [0.2, 0.25) is 0 Å². The van der Waals surface area contributed by atoms with Gasteiger partial charge in [0, 0.05) is 18.1 Å². The van der Waals surface area contributed by atoms with Crippen LogP contribution in [0.15, 0.2) is 0 Å². The van der Waals surface area contributed by atoms with E-state index in [1.54, 1.807) is 0 Å². The van der Waals surface area contributed by atoms with Gasteiger partial charge in [0.25, 0.3) is 0 Å². The number of hydrogen-bond donors (Lipinski definition) is 2. The van der Waals surface area contributed by atoms with E-state index in [1.807, 2.05) is 0 Å². The van der Waals surface area contributed by atoms with Crippen molar-refractivity contribution in [3.8, 4) is 0 Å². The summed E-state index contributed by atoms with van der Waals surface area (Å²) < 4.78 is 0. The minimum Gasteiger partial charge on any atom is -0.312 e. The number of nitrogens with one attached hydrogen (secondary N) is 2. The molecule has 2 heteroatoms. The fourth-order valence-corrected chi connectivity index (χ4v) is 2.33. The topological polar surface area (TPSA) is 24.1 Å². The standard InChI is InChI=1S/C9H18N2/c1-7-4-5-8-9(11-7)3-2-6-10-8/h7-11H,2-6H2,1H3. The maximum absolute atomic E-state index is 3.66. The molecule has 11 heavy (non-hydrogen) atoms. The van der Waals surface area contributed by atoms with Crippen molar-refractivity contribution in [3.05, 3.63) is 0 Å². The van der Waals surface area contributed by atoms with Crippen LogP contribution in [0, 0.1) is 0 Å². The predicted molar refractivity (Wildman–Crippen MR) is 46.6 cm³/mol. The fraction of sp³-hybridized carbons (Fsp3) is 1.00. The van der Waals surface area contributed by atoms with Crippen molar-refractivity contribution in [1.82, 2.24) is 10.6 Å². The lowest BCUT2D eigenvalue weighted by molar-refractivity contribution is 0.218. The van der Waals surface area contributed by atoms with Gasteiger partial charge < -0.3 is 10.6 Å². The van der Waals surface area contributed by atoms with Crippen LogP contribution >= 0.6 is 0 Å². The Labute approximate surface area is 68.7 Å². The van der Waals surface area contributed by atoms with E-state index in [1.165, 1.54) is 32.2 Å². The smallest absolute Gasteiger partial charge is 0.0224 e. The molecule has 2 aliphatic rings. The van der Waals surface area contributed by atoms with E-state index in [0.29, 0.717) is 0 Å². The molecule has 3 unspecified atom stereocenters. The first-order valence-electron chi connectivity index (χ1n) is 4.86. The molecule has 2 fully saturated rings. The second-order valence-electron chi connectivity index (χ2n) is 3.95. The Morgan fingerprint density at radius 3 is 2.91 bits per heavy atom. The van der Waals surface area contributed by atoms with Crippen LogP contribution in [0.1, 0.15) is 32.6 Å². The maximum Gasteiger partial charge on any atom is 0.0224 e. The molecule has 0 bridgehead atoms. The highest BCUT2D eigenvalue weighted by molar-refractivity contribution is 4.92. The van der Waals surface area contributed by atoms with Gasteiger partial charge in [0.1, 0.15) is 0 Å². The molecule has 2 N–H and O–H groups in total. The molecule has 3 atom stereocenters. The lowest BCUT2D eigenvalue weighted by Gasteiger charge is -2.40. The molecule has 2 saturated heterocycles. The summed E-state index contributed by atoms with van der Waals surface area (Å²) in [4.78, 5) is 0. The summed E-state index contributed by atoms with van der Waals surface area (Å²) >= 11 is 0. The number of fused-ring (bicyclic) bond motifs is 1. The first-order valence-corrected chi connectivity index (χ1v) is 4.86. The number of piperidine rings is 2. The number of hydrogen-bond acceptors (Lipinski definition) is 2. The van der Waals surface area contributed by atoms with Gasteiger partial charge in [-0.2, -0.15) is 0 Å². The normalized spacial score (nSPS) is 45.0. The van der Waals surface area contributed by atoms with E-state index < -0.39 is 0 Å². The molecule has 64 valence electrons. The average Bonchev–Trinajstić information content (AvgIpc) is 2.04. The zero-order valence-electron chi connectivity index (χ0n) is 7.27. The van der Waals surface area contributed by atoms with Crippen LogP contribution in [0.3, 0.4) is 0 Å². The summed E-state index contributed by atoms with van der Waals surface area (Å²) in [5.41, 5.74) is 0. The molecular formula is C9H18N2. The van der Waals surface area contributed by atoms with Crippen LogP contribution in [-0.2, 0) is 0 Å². The third-order valence-corrected chi connectivity index (χ3v) is 2.99. The highest BCUT2D eigenvalue weighted by Crippen LogP contribution is 2.19. The first kappa shape index (κ1) is 7.56. The highest BCUT2D eigenvalue weighted by Gasteiger charge is 2.29. The van der Waals surface area contributed by atoms with Crippen molar-refractivity contribution in [2.24, 2.45) is 0 Å². The van der Waals surface area contributed by atoms with Crippen LogP contribution in [0.2, 0.25) is 0 Å². The van der Waals surface area contributed by atoms with E-state index in [9.17, 15) is 0 Å². The van der Waals surface area contributed by atoms with E-state index >= 15 is 0 Å². The molecular weight excluding hydrogens is 136 g/mol. The first-order chi connectivity index (χ1) is 5.36. The molecule has 0 aromatic heterocycles. The Bertz CT molecular complexity index is 136. The van der Waals surface area contributed by atoms with Gasteiger partial charge in [0.05, 0.1) is 0 Å². The van der Waals surface area contributed by atoms with Crippen molar-refractivity contribution in [3.63, 3.8) is 0 Å². The summed E-state index contributed by atoms with van der Waals surface area (Å²) in [7, 11) is 0. The van der Waals surface area contributed by atoms with Gasteiger partial charge in [0.15, 0.2) is 0 Å². The van der Waals surface area contributed by atoms with Crippen LogP contribution in [-0.4, -0.2) is 24.7 Å². The van der Waals surface area contributed by atoms with Gasteiger partial charge in [-0.1, -0.05) is 0 Å². The lowest BCUT2D eigenvalue weighted by atomic mass is 9.89. The molecule has 2 aliphatic heterocycles. The Morgan fingerprint density at radius 2 is 2.00 bits per heavy atom. The molecule has 0 aliphatic carbocycles. The summed E-state index contributed by atoms with van der Waals surface area (Å²) in [6, 6.07) is 2.30. The largest absolute Gasteiger partial charge is 0.312 e. The third-order valence-electron chi connectivity index (χ3n) is 2.99. The third kappa shape index (κ3) is 1.57. The molecule has 0 aromatic rings. The lowest BCUT2D eigenvalue weighted by Crippen LogP contribution is -2.57. The second-order valence-corrected chi connectivity index (χ2v) is 3.95. The van der Waals surface area contributed by atoms with Crippen LogP contribution in [0.4, 0.5) is 0 Å². The van der Waals surface area contributed by atoms with E-state index in [2.05, 4.69) is 17.6 Å². The highest BCUT2D eigenvalue weighted by atomic mass is 15.1. The molecule has 2 heterocycles. The minimum absolute atomic E-state index is 0.746. The molecule has 2 rings (SSSR count). The van der Waals surface area contributed by atoms with Crippen molar-refractivity contribution >= 4 is 0 Å². The van der Waals surface area contributed by atoms with Crippen molar-refractivity contribution in [2.45, 2.75) is 50.7 Å². The van der Waals surface area contributed by atoms with Gasteiger partial charge >= 0.3 is 0 Å². The van der Waals surface area contributed by atoms with Gasteiger partial charge in [-0.25, -0.2) is 0 Å². The second kappa shape index (κ2) is 3.11. The van der Waals surface area contributed by atoms with Crippen molar-refractivity contribution in [2.75, 3.05) is 6.54 Å². The molecule has 0 saturated carbocycles. The molecule has 0 amide bonds. The average molecular weight is 154 g/mol. The van der Waals surface area contributed by atoms with Crippen LogP contribution in [0.5, 0.6) is 0 Å². The molecule has 2 nitrogen and oxygen atoms in total. The zero-order chi connectivity index (χ0) is 7.68. The minimum atomic E-state index is 0.746. The van der Waals surface area contributed by atoms with E-state index in [-0.39, 0.29) is 0 Å².